The minimum absolute atomic E-state index is 0.153. The van der Waals surface area contributed by atoms with Gasteiger partial charge < -0.3 is 5.32 Å². The van der Waals surface area contributed by atoms with Crippen molar-refractivity contribution in [2.24, 2.45) is 0 Å². The Labute approximate surface area is 112 Å². The summed E-state index contributed by atoms with van der Waals surface area (Å²) in [6.07, 6.45) is 4.18. The first-order valence-electron chi connectivity index (χ1n) is 5.47. The largest absolute Gasteiger partial charge is 0.362 e. The Kier molecular flexibility index (Phi) is 3.15. The van der Waals surface area contributed by atoms with E-state index in [9.17, 15) is 4.39 Å². The molecule has 0 aliphatic carbocycles. The van der Waals surface area contributed by atoms with Crippen LogP contribution in [0.25, 0.3) is 5.00 Å². The Bertz CT molecular complexity index is 665. The van der Waals surface area contributed by atoms with Crippen molar-refractivity contribution in [3.8, 4) is 5.00 Å². The van der Waals surface area contributed by atoms with E-state index in [1.54, 1.807) is 22.2 Å². The van der Waals surface area contributed by atoms with Gasteiger partial charge in [-0.3, -0.25) is 0 Å². The summed E-state index contributed by atoms with van der Waals surface area (Å²) >= 11 is 1.57. The Morgan fingerprint density at radius 3 is 3.16 bits per heavy atom. The molecule has 0 aromatic carbocycles. The van der Waals surface area contributed by atoms with Gasteiger partial charge >= 0.3 is 0 Å². The molecule has 0 aliphatic rings. The van der Waals surface area contributed by atoms with Crippen LogP contribution in [0.3, 0.4) is 0 Å². The number of anilines is 1. The highest BCUT2D eigenvalue weighted by Crippen LogP contribution is 2.14. The van der Waals surface area contributed by atoms with Gasteiger partial charge in [-0.1, -0.05) is 5.21 Å². The van der Waals surface area contributed by atoms with Gasteiger partial charge in [0.05, 0.1) is 18.9 Å². The number of hydrogen-bond donors (Lipinski definition) is 1. The van der Waals surface area contributed by atoms with Crippen LogP contribution < -0.4 is 5.32 Å². The second kappa shape index (κ2) is 5.11. The molecule has 0 unspecified atom stereocenters. The molecule has 3 aromatic rings. The summed E-state index contributed by atoms with van der Waals surface area (Å²) in [6, 6.07) is 3.89. The van der Waals surface area contributed by atoms with Gasteiger partial charge in [0.15, 0.2) is 11.6 Å². The number of aromatic nitrogens is 5. The van der Waals surface area contributed by atoms with Gasteiger partial charge in [-0.05, 0) is 17.5 Å². The minimum atomic E-state index is -0.492. The van der Waals surface area contributed by atoms with Gasteiger partial charge in [-0.15, -0.1) is 16.4 Å². The van der Waals surface area contributed by atoms with E-state index in [-0.39, 0.29) is 5.82 Å². The van der Waals surface area contributed by atoms with Gasteiger partial charge in [0.2, 0.25) is 0 Å². The molecule has 1 N–H and O–H groups in total. The molecule has 0 radical (unpaired) electrons. The fraction of sp³-hybridized carbons (Fsp3) is 0.0909. The van der Waals surface area contributed by atoms with E-state index < -0.39 is 5.82 Å². The van der Waals surface area contributed by atoms with Crippen molar-refractivity contribution >= 4 is 17.2 Å². The first kappa shape index (κ1) is 11.7. The molecule has 0 saturated carbocycles. The topological polar surface area (TPSA) is 68.5 Å². The molecule has 3 rings (SSSR count). The summed E-state index contributed by atoms with van der Waals surface area (Å²) in [5.41, 5.74) is 0.700. The zero-order chi connectivity index (χ0) is 13.1. The zero-order valence-electron chi connectivity index (χ0n) is 9.69. The molecule has 19 heavy (non-hydrogen) atoms. The van der Waals surface area contributed by atoms with Gasteiger partial charge in [0, 0.05) is 0 Å². The quantitative estimate of drug-likeness (QED) is 0.788. The van der Waals surface area contributed by atoms with Gasteiger partial charge in [0.25, 0.3) is 0 Å². The fourth-order valence-corrected chi connectivity index (χ4v) is 2.16. The third-order valence-corrected chi connectivity index (χ3v) is 3.24. The molecule has 3 heterocycles. The van der Waals surface area contributed by atoms with Crippen LogP contribution in [0.4, 0.5) is 10.2 Å². The molecule has 96 valence electrons. The van der Waals surface area contributed by atoms with Crippen LogP contribution in [0.5, 0.6) is 0 Å². The molecule has 0 atom stereocenters. The van der Waals surface area contributed by atoms with E-state index in [1.165, 1.54) is 6.33 Å². The third-order valence-electron chi connectivity index (χ3n) is 2.38. The number of rotatable bonds is 4. The average Bonchev–Trinajstić information content (AvgIpc) is 3.09. The summed E-state index contributed by atoms with van der Waals surface area (Å²) in [5, 5.41) is 13.8. The van der Waals surface area contributed by atoms with Gasteiger partial charge in [-0.2, -0.15) is 0 Å². The lowest BCUT2D eigenvalue weighted by Gasteiger charge is -2.02. The predicted octanol–water partition coefficient (Wildman–Crippen LogP) is 1.87. The number of halogens is 1. The van der Waals surface area contributed by atoms with Crippen molar-refractivity contribution in [2.45, 2.75) is 6.54 Å². The summed E-state index contributed by atoms with van der Waals surface area (Å²) < 4.78 is 15.0. The van der Waals surface area contributed by atoms with Crippen molar-refractivity contribution in [1.82, 2.24) is 25.0 Å². The molecule has 0 bridgehead atoms. The maximum atomic E-state index is 13.3. The maximum Gasteiger partial charge on any atom is 0.183 e. The van der Waals surface area contributed by atoms with Crippen molar-refractivity contribution in [3.63, 3.8) is 0 Å². The highest BCUT2D eigenvalue weighted by atomic mass is 32.1. The molecule has 8 heteroatoms. The monoisotopic (exact) mass is 276 g/mol. The van der Waals surface area contributed by atoms with Crippen LogP contribution in [0, 0.1) is 5.82 Å². The first-order chi connectivity index (χ1) is 9.33. The van der Waals surface area contributed by atoms with Crippen molar-refractivity contribution in [1.29, 1.82) is 0 Å². The maximum absolute atomic E-state index is 13.3. The van der Waals surface area contributed by atoms with Crippen LogP contribution >= 0.6 is 11.3 Å². The molecule has 0 fully saturated rings. The van der Waals surface area contributed by atoms with E-state index in [1.807, 2.05) is 17.5 Å². The van der Waals surface area contributed by atoms with E-state index in [4.69, 9.17) is 0 Å². The van der Waals surface area contributed by atoms with E-state index >= 15 is 0 Å². The SMILES string of the molecule is Fc1cncnc1NCc1cn(-c2cccs2)nn1. The summed E-state index contributed by atoms with van der Waals surface area (Å²) in [6.45, 7) is 0.347. The van der Waals surface area contributed by atoms with E-state index in [0.29, 0.717) is 12.2 Å². The second-order valence-corrected chi connectivity index (χ2v) is 4.60. The zero-order valence-corrected chi connectivity index (χ0v) is 10.5. The Morgan fingerprint density at radius 2 is 2.37 bits per heavy atom. The number of hydrogen-bond acceptors (Lipinski definition) is 6. The highest BCUT2D eigenvalue weighted by Gasteiger charge is 2.06. The molecule has 0 amide bonds. The lowest BCUT2D eigenvalue weighted by Crippen LogP contribution is -2.04. The van der Waals surface area contributed by atoms with Crippen LogP contribution in [0.2, 0.25) is 0 Å². The Hall–Kier alpha value is -2.35. The normalized spacial score (nSPS) is 10.6. The predicted molar refractivity (Wildman–Crippen MR) is 68.6 cm³/mol. The standard InChI is InChI=1S/C11H9FN6S/c12-9-5-13-7-15-11(9)14-4-8-6-18(17-16-8)10-2-1-3-19-10/h1-3,5-7H,4H2,(H,13,14,15). The van der Waals surface area contributed by atoms with Crippen molar-refractivity contribution in [2.75, 3.05) is 5.32 Å². The molecule has 0 spiro atoms. The number of thiophene rings is 1. The molecule has 0 aliphatic heterocycles. The van der Waals surface area contributed by atoms with Gasteiger partial charge in [-0.25, -0.2) is 19.0 Å². The number of nitrogens with zero attached hydrogens (tertiary/aromatic N) is 5. The van der Waals surface area contributed by atoms with E-state index in [0.717, 1.165) is 11.2 Å². The van der Waals surface area contributed by atoms with Crippen LogP contribution in [-0.2, 0) is 6.54 Å². The van der Waals surface area contributed by atoms with E-state index in [2.05, 4.69) is 25.6 Å². The number of nitrogens with one attached hydrogen (secondary N) is 1. The molecule has 3 aromatic heterocycles. The Morgan fingerprint density at radius 1 is 1.42 bits per heavy atom. The second-order valence-electron chi connectivity index (χ2n) is 3.68. The van der Waals surface area contributed by atoms with Gasteiger partial charge in [0.1, 0.15) is 17.0 Å². The molecule has 6 nitrogen and oxygen atoms in total. The molecular formula is C11H9FN6S. The molecule has 0 saturated heterocycles. The molecular weight excluding hydrogens is 267 g/mol. The average molecular weight is 276 g/mol. The van der Waals surface area contributed by atoms with Crippen molar-refractivity contribution in [3.05, 3.63) is 47.7 Å². The summed E-state index contributed by atoms with van der Waals surface area (Å²) in [4.78, 5) is 7.38. The van der Waals surface area contributed by atoms with Crippen LogP contribution in [-0.4, -0.2) is 25.0 Å². The fourth-order valence-electron chi connectivity index (χ4n) is 1.50. The summed E-state index contributed by atoms with van der Waals surface area (Å²) in [7, 11) is 0. The lowest BCUT2D eigenvalue weighted by atomic mass is 10.4. The van der Waals surface area contributed by atoms with Crippen molar-refractivity contribution < 1.29 is 4.39 Å². The van der Waals surface area contributed by atoms with Crippen LogP contribution in [0.1, 0.15) is 5.69 Å². The Balaban J connectivity index is 1.70. The third kappa shape index (κ3) is 2.58. The minimum Gasteiger partial charge on any atom is -0.362 e. The highest BCUT2D eigenvalue weighted by molar-refractivity contribution is 7.12. The summed E-state index contributed by atoms with van der Waals surface area (Å²) in [5.74, 6) is -0.339. The first-order valence-corrected chi connectivity index (χ1v) is 6.35. The van der Waals surface area contributed by atoms with Crippen LogP contribution in [0.15, 0.2) is 36.2 Å². The smallest absolute Gasteiger partial charge is 0.183 e. The lowest BCUT2D eigenvalue weighted by molar-refractivity contribution is 0.616.